The molecule has 3 heterocycles. The lowest BCUT2D eigenvalue weighted by atomic mass is 9.97. The Labute approximate surface area is 198 Å². The van der Waals surface area contributed by atoms with Gasteiger partial charge in [-0.3, -0.25) is 4.90 Å². The van der Waals surface area contributed by atoms with Crippen LogP contribution < -0.4 is 20.4 Å². The average molecular weight is 464 g/mol. The van der Waals surface area contributed by atoms with E-state index in [-0.39, 0.29) is 11.8 Å². The molecule has 7 nitrogen and oxygen atoms in total. The summed E-state index contributed by atoms with van der Waals surface area (Å²) in [6.45, 7) is 4.98. The molecule has 2 aromatic carbocycles. The summed E-state index contributed by atoms with van der Waals surface area (Å²) in [7, 11) is 0. The molecule has 33 heavy (non-hydrogen) atoms. The maximum Gasteiger partial charge on any atom is 0.321 e. The van der Waals surface area contributed by atoms with Gasteiger partial charge in [0.15, 0.2) is 0 Å². The van der Waals surface area contributed by atoms with Crippen molar-refractivity contribution in [3.63, 3.8) is 0 Å². The second kappa shape index (κ2) is 9.29. The molecule has 0 spiro atoms. The molecule has 0 atom stereocenters. The van der Waals surface area contributed by atoms with Crippen LogP contribution in [0.15, 0.2) is 54.7 Å². The van der Waals surface area contributed by atoms with Crippen LogP contribution >= 0.6 is 11.6 Å². The quantitative estimate of drug-likeness (QED) is 0.542. The molecule has 8 heteroatoms. The van der Waals surface area contributed by atoms with Gasteiger partial charge in [0.1, 0.15) is 11.6 Å². The van der Waals surface area contributed by atoms with Gasteiger partial charge < -0.3 is 20.6 Å². The fourth-order valence-electron chi connectivity index (χ4n) is 4.41. The minimum Gasteiger partial charge on any atom is -0.507 e. The van der Waals surface area contributed by atoms with Crippen molar-refractivity contribution in [2.45, 2.75) is 6.42 Å². The highest BCUT2D eigenvalue weighted by Gasteiger charge is 2.22. The standard InChI is InChI=1S/C25H26ClN5O2/c26-21-15-17(5-6-22(21)31-12-2-8-29-25(31)33)19-3-1-4-20(24(19)32)18-7-9-28-23(16-18)30-13-10-27-11-14-30/h1,3-7,9,15-16,27,32H,2,8,10-14H2,(H,29,33). The topological polar surface area (TPSA) is 80.7 Å². The van der Waals surface area contributed by atoms with E-state index in [1.54, 1.807) is 17.2 Å². The molecule has 0 bridgehead atoms. The van der Waals surface area contributed by atoms with Crippen molar-refractivity contribution >= 4 is 29.1 Å². The molecule has 5 rings (SSSR count). The Hall–Kier alpha value is -3.29. The zero-order valence-electron chi connectivity index (χ0n) is 18.2. The second-order valence-electron chi connectivity index (χ2n) is 8.24. The van der Waals surface area contributed by atoms with Gasteiger partial charge in [0, 0.05) is 56.6 Å². The molecular weight excluding hydrogens is 438 g/mol. The Bertz CT molecular complexity index is 1180. The van der Waals surface area contributed by atoms with E-state index >= 15 is 0 Å². The summed E-state index contributed by atoms with van der Waals surface area (Å²) in [5.41, 5.74) is 3.79. The number of para-hydroxylation sites is 1. The molecule has 2 amide bonds. The van der Waals surface area contributed by atoms with Gasteiger partial charge >= 0.3 is 6.03 Å². The van der Waals surface area contributed by atoms with Gasteiger partial charge in [-0.15, -0.1) is 0 Å². The number of hydrogen-bond acceptors (Lipinski definition) is 5. The van der Waals surface area contributed by atoms with E-state index in [0.717, 1.165) is 55.1 Å². The summed E-state index contributed by atoms with van der Waals surface area (Å²) in [6.07, 6.45) is 2.66. The van der Waals surface area contributed by atoms with Crippen LogP contribution in [0.4, 0.5) is 16.3 Å². The van der Waals surface area contributed by atoms with Crippen LogP contribution in [0.3, 0.4) is 0 Å². The monoisotopic (exact) mass is 463 g/mol. The van der Waals surface area contributed by atoms with Gasteiger partial charge in [0.05, 0.1) is 10.7 Å². The summed E-state index contributed by atoms with van der Waals surface area (Å²) >= 11 is 6.57. The predicted octanol–water partition coefficient (Wildman–Crippen LogP) is 4.10. The Morgan fingerprint density at radius 2 is 1.70 bits per heavy atom. The number of amides is 2. The molecule has 0 saturated carbocycles. The fourth-order valence-corrected chi connectivity index (χ4v) is 4.70. The van der Waals surface area contributed by atoms with Gasteiger partial charge in [-0.2, -0.15) is 0 Å². The van der Waals surface area contributed by atoms with E-state index in [4.69, 9.17) is 11.6 Å². The molecule has 2 aliphatic heterocycles. The van der Waals surface area contributed by atoms with Crippen molar-refractivity contribution in [1.29, 1.82) is 0 Å². The number of rotatable bonds is 4. The molecule has 0 aliphatic carbocycles. The maximum atomic E-state index is 12.2. The van der Waals surface area contributed by atoms with Crippen LogP contribution in [0.25, 0.3) is 22.3 Å². The number of phenols is 1. The number of aromatic hydroxyl groups is 1. The first-order chi connectivity index (χ1) is 16.1. The third-order valence-electron chi connectivity index (χ3n) is 6.16. The van der Waals surface area contributed by atoms with E-state index in [2.05, 4.69) is 20.5 Å². The normalized spacial score (nSPS) is 16.6. The predicted molar refractivity (Wildman–Crippen MR) is 132 cm³/mol. The van der Waals surface area contributed by atoms with Crippen molar-refractivity contribution in [3.8, 4) is 28.0 Å². The number of pyridine rings is 1. The highest BCUT2D eigenvalue weighted by Crippen LogP contribution is 2.40. The van der Waals surface area contributed by atoms with Gasteiger partial charge in [0.2, 0.25) is 0 Å². The van der Waals surface area contributed by atoms with Gasteiger partial charge in [-0.25, -0.2) is 9.78 Å². The summed E-state index contributed by atoms with van der Waals surface area (Å²) < 4.78 is 0. The van der Waals surface area contributed by atoms with Crippen LogP contribution in [0.5, 0.6) is 5.75 Å². The van der Waals surface area contributed by atoms with E-state index in [0.29, 0.717) is 29.4 Å². The fraction of sp³-hybridized carbons (Fsp3) is 0.280. The number of piperazine rings is 1. The van der Waals surface area contributed by atoms with Gasteiger partial charge in [-0.1, -0.05) is 35.9 Å². The number of anilines is 2. The highest BCUT2D eigenvalue weighted by atomic mass is 35.5. The lowest BCUT2D eigenvalue weighted by Crippen LogP contribution is -2.46. The number of urea groups is 1. The zero-order chi connectivity index (χ0) is 22.8. The molecule has 0 unspecified atom stereocenters. The highest BCUT2D eigenvalue weighted by molar-refractivity contribution is 6.34. The first-order valence-corrected chi connectivity index (χ1v) is 11.6. The third kappa shape index (κ3) is 4.34. The van der Waals surface area contributed by atoms with E-state index < -0.39 is 0 Å². The Balaban J connectivity index is 1.47. The molecule has 2 saturated heterocycles. The smallest absolute Gasteiger partial charge is 0.321 e. The number of carbonyl (C=O) groups excluding carboxylic acids is 1. The first kappa shape index (κ1) is 21.6. The van der Waals surface area contributed by atoms with Crippen LogP contribution in [0, 0.1) is 0 Å². The number of halogens is 1. The number of hydrogen-bond donors (Lipinski definition) is 3. The summed E-state index contributed by atoms with van der Waals surface area (Å²) in [5, 5.41) is 17.9. The number of aromatic nitrogens is 1. The second-order valence-corrected chi connectivity index (χ2v) is 8.65. The molecule has 2 fully saturated rings. The van der Waals surface area contributed by atoms with Gasteiger partial charge in [0.25, 0.3) is 0 Å². The van der Waals surface area contributed by atoms with Crippen molar-refractivity contribution in [1.82, 2.24) is 15.6 Å². The van der Waals surface area contributed by atoms with Crippen LogP contribution in [-0.2, 0) is 0 Å². The Kier molecular flexibility index (Phi) is 6.07. The summed E-state index contributed by atoms with van der Waals surface area (Å²) in [4.78, 5) is 20.6. The van der Waals surface area contributed by atoms with E-state index in [1.807, 2.05) is 42.5 Å². The Morgan fingerprint density at radius 1 is 0.939 bits per heavy atom. The molecule has 3 aromatic rings. The van der Waals surface area contributed by atoms with Crippen LogP contribution in [0.1, 0.15) is 6.42 Å². The van der Waals surface area contributed by atoms with Crippen molar-refractivity contribution in [3.05, 3.63) is 59.8 Å². The van der Waals surface area contributed by atoms with E-state index in [1.165, 1.54) is 0 Å². The summed E-state index contributed by atoms with van der Waals surface area (Å²) in [6, 6.07) is 15.0. The SMILES string of the molecule is O=C1NCCCN1c1ccc(-c2cccc(-c3ccnc(N4CCNCC4)c3)c2O)cc1Cl. The number of phenolic OH excluding ortho intramolecular Hbond substituents is 1. The lowest BCUT2D eigenvalue weighted by Gasteiger charge is -2.28. The van der Waals surface area contributed by atoms with Crippen LogP contribution in [-0.4, -0.2) is 55.4 Å². The lowest BCUT2D eigenvalue weighted by molar-refractivity contribution is 0.243. The molecule has 2 aliphatic rings. The zero-order valence-corrected chi connectivity index (χ0v) is 19.0. The average Bonchev–Trinajstić information content (AvgIpc) is 2.85. The molecule has 3 N–H and O–H groups in total. The van der Waals surface area contributed by atoms with Crippen molar-refractivity contribution in [2.24, 2.45) is 0 Å². The maximum absolute atomic E-state index is 12.2. The molecule has 0 radical (unpaired) electrons. The van der Waals surface area contributed by atoms with Crippen molar-refractivity contribution < 1.29 is 9.90 Å². The molecule has 170 valence electrons. The Morgan fingerprint density at radius 3 is 2.42 bits per heavy atom. The largest absolute Gasteiger partial charge is 0.507 e. The number of nitrogens with zero attached hydrogens (tertiary/aromatic N) is 3. The van der Waals surface area contributed by atoms with Gasteiger partial charge in [-0.05, 0) is 41.8 Å². The van der Waals surface area contributed by atoms with E-state index in [9.17, 15) is 9.90 Å². The first-order valence-electron chi connectivity index (χ1n) is 11.2. The molecule has 1 aromatic heterocycles. The van der Waals surface area contributed by atoms with Crippen LogP contribution in [0.2, 0.25) is 5.02 Å². The number of benzene rings is 2. The number of nitrogens with one attached hydrogen (secondary N) is 2. The molecular formula is C25H26ClN5O2. The third-order valence-corrected chi connectivity index (χ3v) is 6.47. The number of carbonyl (C=O) groups is 1. The van der Waals surface area contributed by atoms with Crippen molar-refractivity contribution in [2.75, 3.05) is 49.1 Å². The summed E-state index contributed by atoms with van der Waals surface area (Å²) in [5.74, 6) is 1.10. The minimum atomic E-state index is -0.140. The minimum absolute atomic E-state index is 0.140.